The molecule has 2 aliphatic heterocycles. The van der Waals surface area contributed by atoms with Crippen molar-refractivity contribution in [3.8, 4) is 0 Å². The smallest absolute Gasteiger partial charge is 0.305 e. The largest absolute Gasteiger partial charge is 0.469 e. The molecule has 7 heteroatoms. The molecule has 0 unspecified atom stereocenters. The summed E-state index contributed by atoms with van der Waals surface area (Å²) < 4.78 is 10.1. The molecule has 7 nitrogen and oxygen atoms in total. The van der Waals surface area contributed by atoms with Gasteiger partial charge in [-0.1, -0.05) is 12.1 Å². The maximum absolute atomic E-state index is 13.0. The Morgan fingerprint density at radius 2 is 1.79 bits per heavy atom. The van der Waals surface area contributed by atoms with Gasteiger partial charge in [-0.25, -0.2) is 0 Å². The summed E-state index contributed by atoms with van der Waals surface area (Å²) >= 11 is 0. The average molecular weight is 382 g/mol. The Morgan fingerprint density at radius 3 is 2.50 bits per heavy atom. The normalized spacial score (nSPS) is 16.6. The minimum atomic E-state index is -0.352. The van der Waals surface area contributed by atoms with Crippen LogP contribution in [0.2, 0.25) is 0 Å². The van der Waals surface area contributed by atoms with E-state index in [1.807, 2.05) is 18.2 Å². The Hall–Kier alpha value is -2.93. The Kier molecular flexibility index (Phi) is 5.00. The average Bonchev–Trinajstić information content (AvgIpc) is 2.74. The number of morpholine rings is 1. The Balaban J connectivity index is 1.69. The molecule has 1 fully saturated rings. The minimum Gasteiger partial charge on any atom is -0.469 e. The SMILES string of the molecule is COC(=O)CCCN1C(=O)c2cccc3c(N4CCOCC4)ccc(c23)C1=O. The third-order valence-corrected chi connectivity index (χ3v) is 5.31. The summed E-state index contributed by atoms with van der Waals surface area (Å²) in [4.78, 5) is 40.8. The summed E-state index contributed by atoms with van der Waals surface area (Å²) in [5, 5.41) is 1.62. The van der Waals surface area contributed by atoms with Crippen LogP contribution in [0.1, 0.15) is 33.6 Å². The first-order chi connectivity index (χ1) is 13.6. The number of anilines is 1. The van der Waals surface area contributed by atoms with Crippen molar-refractivity contribution >= 4 is 34.2 Å². The molecule has 0 bridgehead atoms. The number of rotatable bonds is 5. The summed E-state index contributed by atoms with van der Waals surface area (Å²) in [6.45, 7) is 3.07. The molecule has 0 N–H and O–H groups in total. The summed E-state index contributed by atoms with van der Waals surface area (Å²) in [6.07, 6.45) is 0.544. The second-order valence-corrected chi connectivity index (χ2v) is 6.90. The maximum atomic E-state index is 13.0. The first kappa shape index (κ1) is 18.4. The number of hydrogen-bond donors (Lipinski definition) is 0. The van der Waals surface area contributed by atoms with E-state index in [-0.39, 0.29) is 30.7 Å². The van der Waals surface area contributed by atoms with Crippen molar-refractivity contribution in [1.82, 2.24) is 4.90 Å². The fraction of sp³-hybridized carbons (Fsp3) is 0.381. The van der Waals surface area contributed by atoms with Crippen LogP contribution in [0.3, 0.4) is 0 Å². The van der Waals surface area contributed by atoms with E-state index in [2.05, 4.69) is 9.64 Å². The van der Waals surface area contributed by atoms with Crippen molar-refractivity contribution in [2.24, 2.45) is 0 Å². The zero-order chi connectivity index (χ0) is 19.7. The van der Waals surface area contributed by atoms with Crippen molar-refractivity contribution in [2.75, 3.05) is 44.9 Å². The fourth-order valence-corrected chi connectivity index (χ4v) is 3.90. The standard InChI is InChI=1S/C21H22N2O5/c1-27-18(24)6-3-9-23-20(25)15-5-2-4-14-17(22-10-12-28-13-11-22)8-7-16(19(14)15)21(23)26/h2,4-5,7-8H,3,6,9-13H2,1H3. The molecule has 146 valence electrons. The molecule has 1 saturated heterocycles. The van der Waals surface area contributed by atoms with Gasteiger partial charge in [0.05, 0.1) is 20.3 Å². The third-order valence-electron chi connectivity index (χ3n) is 5.31. The van der Waals surface area contributed by atoms with Crippen LogP contribution < -0.4 is 4.90 Å². The molecule has 0 aromatic heterocycles. The lowest BCUT2D eigenvalue weighted by atomic mass is 9.92. The van der Waals surface area contributed by atoms with E-state index < -0.39 is 0 Å². The summed E-state index contributed by atoms with van der Waals surface area (Å²) in [5.74, 6) is -0.978. The fourth-order valence-electron chi connectivity index (χ4n) is 3.90. The Morgan fingerprint density at radius 1 is 1.07 bits per heavy atom. The molecule has 0 atom stereocenters. The van der Waals surface area contributed by atoms with Gasteiger partial charge in [0, 0.05) is 53.6 Å². The molecule has 0 radical (unpaired) electrons. The van der Waals surface area contributed by atoms with E-state index in [1.54, 1.807) is 12.1 Å². The quantitative estimate of drug-likeness (QED) is 0.583. The van der Waals surface area contributed by atoms with Gasteiger partial charge in [-0.2, -0.15) is 0 Å². The summed E-state index contributed by atoms with van der Waals surface area (Å²) in [5.41, 5.74) is 2.07. The van der Waals surface area contributed by atoms with Crippen LogP contribution in [0.25, 0.3) is 10.8 Å². The van der Waals surface area contributed by atoms with Gasteiger partial charge in [0.2, 0.25) is 0 Å². The number of amides is 2. The van der Waals surface area contributed by atoms with Gasteiger partial charge in [0.1, 0.15) is 0 Å². The van der Waals surface area contributed by atoms with Crippen LogP contribution in [-0.4, -0.2) is 62.6 Å². The van der Waals surface area contributed by atoms with Gasteiger partial charge >= 0.3 is 5.97 Å². The van der Waals surface area contributed by atoms with Crippen LogP contribution in [-0.2, 0) is 14.3 Å². The van der Waals surface area contributed by atoms with Gasteiger partial charge in [0.25, 0.3) is 11.8 Å². The molecular formula is C21H22N2O5. The molecule has 2 aromatic carbocycles. The van der Waals surface area contributed by atoms with Crippen molar-refractivity contribution in [2.45, 2.75) is 12.8 Å². The van der Waals surface area contributed by atoms with E-state index in [4.69, 9.17) is 4.74 Å². The highest BCUT2D eigenvalue weighted by Gasteiger charge is 2.33. The van der Waals surface area contributed by atoms with Gasteiger partial charge in [-0.3, -0.25) is 19.3 Å². The Labute approximate surface area is 162 Å². The molecule has 2 amide bonds. The molecule has 28 heavy (non-hydrogen) atoms. The van der Waals surface area contributed by atoms with Gasteiger partial charge < -0.3 is 14.4 Å². The summed E-state index contributed by atoms with van der Waals surface area (Å²) in [7, 11) is 1.32. The number of carbonyl (C=O) groups excluding carboxylic acids is 3. The van der Waals surface area contributed by atoms with Crippen molar-refractivity contribution in [3.05, 3.63) is 41.5 Å². The highest BCUT2D eigenvalue weighted by molar-refractivity contribution is 6.26. The van der Waals surface area contributed by atoms with Crippen molar-refractivity contribution < 1.29 is 23.9 Å². The number of methoxy groups -OCH3 is 1. The zero-order valence-corrected chi connectivity index (χ0v) is 15.8. The second kappa shape index (κ2) is 7.59. The predicted molar refractivity (Wildman–Crippen MR) is 104 cm³/mol. The van der Waals surface area contributed by atoms with E-state index in [9.17, 15) is 14.4 Å². The monoisotopic (exact) mass is 382 g/mol. The van der Waals surface area contributed by atoms with E-state index in [1.165, 1.54) is 12.0 Å². The zero-order valence-electron chi connectivity index (χ0n) is 15.8. The highest BCUT2D eigenvalue weighted by Crippen LogP contribution is 2.36. The minimum absolute atomic E-state index is 0.167. The topological polar surface area (TPSA) is 76.2 Å². The molecule has 4 rings (SSSR count). The Bertz CT molecular complexity index is 927. The molecule has 2 aromatic rings. The van der Waals surface area contributed by atoms with Crippen LogP contribution in [0.15, 0.2) is 30.3 Å². The molecule has 0 saturated carbocycles. The first-order valence-corrected chi connectivity index (χ1v) is 9.43. The molecule has 2 aliphatic rings. The van der Waals surface area contributed by atoms with Crippen LogP contribution in [0.5, 0.6) is 0 Å². The van der Waals surface area contributed by atoms with Crippen molar-refractivity contribution in [1.29, 1.82) is 0 Å². The van der Waals surface area contributed by atoms with Crippen LogP contribution in [0, 0.1) is 0 Å². The predicted octanol–water partition coefficient (Wildman–Crippen LogP) is 2.23. The number of imide groups is 1. The van der Waals surface area contributed by atoms with Crippen molar-refractivity contribution in [3.63, 3.8) is 0 Å². The summed E-state index contributed by atoms with van der Waals surface area (Å²) in [6, 6.07) is 9.33. The van der Waals surface area contributed by atoms with E-state index in [0.29, 0.717) is 36.1 Å². The van der Waals surface area contributed by atoms with Gasteiger partial charge in [-0.15, -0.1) is 0 Å². The van der Waals surface area contributed by atoms with Crippen LogP contribution >= 0.6 is 0 Å². The lowest BCUT2D eigenvalue weighted by molar-refractivity contribution is -0.140. The number of hydrogen-bond acceptors (Lipinski definition) is 6. The third kappa shape index (κ3) is 3.11. The number of ether oxygens (including phenoxy) is 2. The number of esters is 1. The molecule has 0 aliphatic carbocycles. The van der Waals surface area contributed by atoms with Gasteiger partial charge in [-0.05, 0) is 24.6 Å². The first-order valence-electron chi connectivity index (χ1n) is 9.43. The highest BCUT2D eigenvalue weighted by atomic mass is 16.5. The van der Waals surface area contributed by atoms with E-state index >= 15 is 0 Å². The lowest BCUT2D eigenvalue weighted by Crippen LogP contribution is -2.41. The number of carbonyl (C=O) groups is 3. The van der Waals surface area contributed by atoms with Gasteiger partial charge in [0.15, 0.2) is 0 Å². The number of benzene rings is 2. The number of nitrogens with zero attached hydrogens (tertiary/aromatic N) is 2. The molecular weight excluding hydrogens is 360 g/mol. The maximum Gasteiger partial charge on any atom is 0.305 e. The lowest BCUT2D eigenvalue weighted by Gasteiger charge is -2.32. The second-order valence-electron chi connectivity index (χ2n) is 6.90. The molecule has 2 heterocycles. The van der Waals surface area contributed by atoms with E-state index in [0.717, 1.165) is 24.2 Å². The van der Waals surface area contributed by atoms with Crippen LogP contribution in [0.4, 0.5) is 5.69 Å². The molecule has 0 spiro atoms.